The van der Waals surface area contributed by atoms with Gasteiger partial charge in [-0.25, -0.2) is 4.98 Å². The molecule has 5 heteroatoms. The number of hydrogen-bond donors (Lipinski definition) is 2. The van der Waals surface area contributed by atoms with E-state index in [1.807, 2.05) is 0 Å². The van der Waals surface area contributed by atoms with E-state index in [9.17, 15) is 0 Å². The smallest absolute Gasteiger partial charge is 0.139 e. The van der Waals surface area contributed by atoms with Crippen molar-refractivity contribution in [2.75, 3.05) is 0 Å². The summed E-state index contributed by atoms with van der Waals surface area (Å²) >= 11 is 11.8. The minimum atomic E-state index is -0.0955. The van der Waals surface area contributed by atoms with Crippen molar-refractivity contribution in [1.29, 1.82) is 0 Å². The Labute approximate surface area is 96.7 Å². The molecular weight excluding hydrogens is 235 g/mol. The van der Waals surface area contributed by atoms with Crippen molar-refractivity contribution < 1.29 is 5.11 Å². The normalized spacial score (nSPS) is 10.6. The van der Waals surface area contributed by atoms with Crippen molar-refractivity contribution in [3.63, 3.8) is 0 Å². The minimum Gasteiger partial charge on any atom is -0.390 e. The van der Waals surface area contributed by atoms with Crippen LogP contribution in [0.3, 0.4) is 0 Å². The summed E-state index contributed by atoms with van der Waals surface area (Å²) in [5.74, 6) is 0.626. The Morgan fingerprint density at radius 1 is 1.33 bits per heavy atom. The Bertz CT molecular complexity index is 482. The monoisotopic (exact) mass is 242 g/mol. The van der Waals surface area contributed by atoms with Crippen LogP contribution in [0.5, 0.6) is 0 Å². The number of aromatic amines is 1. The summed E-state index contributed by atoms with van der Waals surface area (Å²) in [7, 11) is 0. The van der Waals surface area contributed by atoms with E-state index in [4.69, 9.17) is 28.3 Å². The summed E-state index contributed by atoms with van der Waals surface area (Å²) < 4.78 is 0. The van der Waals surface area contributed by atoms with E-state index < -0.39 is 0 Å². The van der Waals surface area contributed by atoms with Gasteiger partial charge >= 0.3 is 0 Å². The molecule has 0 aliphatic rings. The number of aliphatic hydroxyl groups is 1. The molecule has 0 fully saturated rings. The number of aliphatic hydroxyl groups excluding tert-OH is 1. The fourth-order valence-corrected chi connectivity index (χ4v) is 1.76. The van der Waals surface area contributed by atoms with Crippen molar-refractivity contribution >= 4 is 23.2 Å². The average Bonchev–Trinajstić information content (AvgIpc) is 2.66. The average molecular weight is 243 g/mol. The molecule has 2 N–H and O–H groups in total. The predicted octanol–water partition coefficient (Wildman–Crippen LogP) is 2.88. The van der Waals surface area contributed by atoms with Gasteiger partial charge in [-0.15, -0.1) is 0 Å². The number of aromatic nitrogens is 2. The lowest BCUT2D eigenvalue weighted by molar-refractivity contribution is 0.277. The second-order valence-electron chi connectivity index (χ2n) is 3.02. The maximum atomic E-state index is 8.87. The van der Waals surface area contributed by atoms with Crippen LogP contribution in [0.1, 0.15) is 5.69 Å². The molecule has 2 aromatic rings. The second kappa shape index (κ2) is 4.23. The van der Waals surface area contributed by atoms with Gasteiger partial charge < -0.3 is 10.1 Å². The molecular formula is C10H8Cl2N2O. The van der Waals surface area contributed by atoms with Gasteiger partial charge in [-0.05, 0) is 18.2 Å². The Hall–Kier alpha value is -1.03. The highest BCUT2D eigenvalue weighted by molar-refractivity contribution is 6.36. The number of hydrogen-bond acceptors (Lipinski definition) is 2. The van der Waals surface area contributed by atoms with E-state index in [0.29, 0.717) is 21.6 Å². The number of imidazole rings is 1. The SMILES string of the molecule is OCc1c[nH]c(-c2ccc(Cl)cc2Cl)n1. The molecule has 0 atom stereocenters. The fourth-order valence-electron chi connectivity index (χ4n) is 1.26. The number of benzene rings is 1. The lowest BCUT2D eigenvalue weighted by Gasteiger charge is -2.00. The van der Waals surface area contributed by atoms with Crippen LogP contribution in [-0.2, 0) is 6.61 Å². The van der Waals surface area contributed by atoms with Crippen LogP contribution in [0.15, 0.2) is 24.4 Å². The number of nitrogens with zero attached hydrogens (tertiary/aromatic N) is 1. The van der Waals surface area contributed by atoms with Crippen molar-refractivity contribution in [2.45, 2.75) is 6.61 Å². The summed E-state index contributed by atoms with van der Waals surface area (Å²) in [6, 6.07) is 5.17. The van der Waals surface area contributed by atoms with E-state index in [0.717, 1.165) is 5.56 Å². The Kier molecular flexibility index (Phi) is 2.95. The Morgan fingerprint density at radius 2 is 2.13 bits per heavy atom. The zero-order valence-electron chi connectivity index (χ0n) is 7.67. The van der Waals surface area contributed by atoms with Gasteiger partial charge in [0.2, 0.25) is 0 Å². The molecule has 0 saturated carbocycles. The van der Waals surface area contributed by atoms with Gasteiger partial charge in [0.15, 0.2) is 0 Å². The number of H-pyrrole nitrogens is 1. The lowest BCUT2D eigenvalue weighted by atomic mass is 10.2. The summed E-state index contributed by atoms with van der Waals surface area (Å²) in [6.45, 7) is -0.0955. The van der Waals surface area contributed by atoms with Gasteiger partial charge in [-0.2, -0.15) is 0 Å². The molecule has 2 rings (SSSR count). The van der Waals surface area contributed by atoms with E-state index in [2.05, 4.69) is 9.97 Å². The maximum Gasteiger partial charge on any atom is 0.139 e. The van der Waals surface area contributed by atoms with Gasteiger partial charge in [0.05, 0.1) is 17.3 Å². The van der Waals surface area contributed by atoms with Crippen molar-refractivity contribution in [3.05, 3.63) is 40.1 Å². The van der Waals surface area contributed by atoms with E-state index in [-0.39, 0.29) is 6.61 Å². The van der Waals surface area contributed by atoms with E-state index in [1.165, 1.54) is 0 Å². The fraction of sp³-hybridized carbons (Fsp3) is 0.100. The number of rotatable bonds is 2. The third-order valence-corrected chi connectivity index (χ3v) is 2.53. The first kappa shape index (κ1) is 10.5. The molecule has 78 valence electrons. The van der Waals surface area contributed by atoms with Gasteiger partial charge in [0.1, 0.15) is 5.82 Å². The predicted molar refractivity (Wildman–Crippen MR) is 60.0 cm³/mol. The summed E-state index contributed by atoms with van der Waals surface area (Å²) in [5, 5.41) is 9.98. The van der Waals surface area contributed by atoms with E-state index >= 15 is 0 Å². The van der Waals surface area contributed by atoms with Crippen molar-refractivity contribution in [2.24, 2.45) is 0 Å². The first-order valence-electron chi connectivity index (χ1n) is 4.31. The topological polar surface area (TPSA) is 48.9 Å². The van der Waals surface area contributed by atoms with Crippen LogP contribution in [0.2, 0.25) is 10.0 Å². The maximum absolute atomic E-state index is 8.87. The highest BCUT2D eigenvalue weighted by Gasteiger charge is 2.07. The van der Waals surface area contributed by atoms with E-state index in [1.54, 1.807) is 24.4 Å². The zero-order valence-corrected chi connectivity index (χ0v) is 9.18. The standard InChI is InChI=1S/C10H8Cl2N2O/c11-6-1-2-8(9(12)3-6)10-13-4-7(5-15)14-10/h1-4,15H,5H2,(H,13,14). The Balaban J connectivity index is 2.44. The Morgan fingerprint density at radius 3 is 2.73 bits per heavy atom. The number of halogens is 2. The highest BCUT2D eigenvalue weighted by Crippen LogP contribution is 2.28. The van der Waals surface area contributed by atoms with Gasteiger partial charge in [-0.1, -0.05) is 23.2 Å². The molecule has 3 nitrogen and oxygen atoms in total. The molecule has 0 aliphatic carbocycles. The first-order valence-corrected chi connectivity index (χ1v) is 5.07. The molecule has 0 amide bonds. The molecule has 15 heavy (non-hydrogen) atoms. The van der Waals surface area contributed by atoms with Crippen molar-refractivity contribution in [1.82, 2.24) is 9.97 Å². The van der Waals surface area contributed by atoms with Crippen LogP contribution in [-0.4, -0.2) is 15.1 Å². The summed E-state index contributed by atoms with van der Waals surface area (Å²) in [5.41, 5.74) is 1.34. The molecule has 0 spiro atoms. The quantitative estimate of drug-likeness (QED) is 0.851. The minimum absolute atomic E-state index is 0.0955. The van der Waals surface area contributed by atoms with Crippen LogP contribution in [0.4, 0.5) is 0 Å². The molecule has 0 radical (unpaired) electrons. The van der Waals surface area contributed by atoms with Crippen LogP contribution >= 0.6 is 23.2 Å². The summed E-state index contributed by atoms with van der Waals surface area (Å²) in [4.78, 5) is 7.09. The number of nitrogens with one attached hydrogen (secondary N) is 1. The lowest BCUT2D eigenvalue weighted by Crippen LogP contribution is -1.84. The van der Waals surface area contributed by atoms with Crippen LogP contribution in [0.25, 0.3) is 11.4 Å². The molecule has 0 aliphatic heterocycles. The van der Waals surface area contributed by atoms with Gasteiger partial charge in [0, 0.05) is 16.8 Å². The molecule has 1 aromatic heterocycles. The molecule has 0 bridgehead atoms. The zero-order chi connectivity index (χ0) is 10.8. The highest BCUT2D eigenvalue weighted by atomic mass is 35.5. The molecule has 1 aromatic carbocycles. The largest absolute Gasteiger partial charge is 0.390 e. The molecule has 0 saturated heterocycles. The van der Waals surface area contributed by atoms with Gasteiger partial charge in [0.25, 0.3) is 0 Å². The van der Waals surface area contributed by atoms with Crippen LogP contribution in [0, 0.1) is 0 Å². The first-order chi connectivity index (χ1) is 7.20. The third-order valence-electron chi connectivity index (χ3n) is 1.98. The van der Waals surface area contributed by atoms with Crippen molar-refractivity contribution in [3.8, 4) is 11.4 Å². The molecule has 0 unspecified atom stereocenters. The third kappa shape index (κ3) is 2.15. The molecule has 1 heterocycles. The van der Waals surface area contributed by atoms with Crippen LogP contribution < -0.4 is 0 Å². The van der Waals surface area contributed by atoms with Gasteiger partial charge in [-0.3, -0.25) is 0 Å². The second-order valence-corrected chi connectivity index (χ2v) is 3.87. The summed E-state index contributed by atoms with van der Waals surface area (Å²) in [6.07, 6.45) is 1.64.